The van der Waals surface area contributed by atoms with Crippen LogP contribution in [0.4, 0.5) is 0 Å². The van der Waals surface area contributed by atoms with Gasteiger partial charge in [0.05, 0.1) is 19.7 Å². The van der Waals surface area contributed by atoms with Crippen molar-refractivity contribution in [3.8, 4) is 5.75 Å². The van der Waals surface area contributed by atoms with E-state index in [1.807, 2.05) is 12.1 Å². The third kappa shape index (κ3) is 3.69. The average molecular weight is 420 g/mol. The second-order valence-electron chi connectivity index (χ2n) is 9.17. The number of carbonyl (C=O) groups excluding carboxylic acids is 2. The van der Waals surface area contributed by atoms with E-state index in [1.54, 1.807) is 7.11 Å². The highest BCUT2D eigenvalue weighted by atomic mass is 16.5. The number of benzene rings is 2. The Bertz CT molecular complexity index is 965. The van der Waals surface area contributed by atoms with E-state index in [4.69, 9.17) is 10.5 Å². The number of primary amides is 1. The van der Waals surface area contributed by atoms with E-state index in [0.29, 0.717) is 11.8 Å². The lowest BCUT2D eigenvalue weighted by atomic mass is 9.89. The Morgan fingerprint density at radius 1 is 1.00 bits per heavy atom. The van der Waals surface area contributed by atoms with E-state index < -0.39 is 0 Å². The van der Waals surface area contributed by atoms with Gasteiger partial charge in [-0.1, -0.05) is 36.4 Å². The molecule has 3 aliphatic rings. The average Bonchev–Trinajstić information content (AvgIpc) is 3.45. The van der Waals surface area contributed by atoms with Crippen molar-refractivity contribution in [1.82, 2.24) is 9.80 Å². The molecule has 3 atom stereocenters. The SMILES string of the molecule is COc1ccc([C@H]2[C@H]3CN(CC(N)=O)C[C@H]3CN2C(=O)C2Cc3ccccc3C2)cc1. The smallest absolute Gasteiger partial charge is 0.231 e. The number of amides is 2. The first kappa shape index (κ1) is 20.1. The molecule has 0 radical (unpaired) electrons. The van der Waals surface area contributed by atoms with Crippen LogP contribution in [0.25, 0.3) is 0 Å². The van der Waals surface area contributed by atoms with Crippen molar-refractivity contribution in [3.05, 3.63) is 65.2 Å². The first-order chi connectivity index (χ1) is 15.0. The highest BCUT2D eigenvalue weighted by Gasteiger charge is 2.50. The molecule has 1 aliphatic carbocycles. The first-order valence-electron chi connectivity index (χ1n) is 11.1. The van der Waals surface area contributed by atoms with Crippen LogP contribution in [0.1, 0.15) is 22.7 Å². The lowest BCUT2D eigenvalue weighted by molar-refractivity contribution is -0.137. The lowest BCUT2D eigenvalue weighted by Gasteiger charge is -2.31. The molecule has 2 N–H and O–H groups in total. The van der Waals surface area contributed by atoms with Crippen LogP contribution in [0.3, 0.4) is 0 Å². The molecule has 2 fully saturated rings. The van der Waals surface area contributed by atoms with E-state index in [2.05, 4.69) is 46.2 Å². The van der Waals surface area contributed by atoms with Gasteiger partial charge in [0, 0.05) is 31.5 Å². The Hall–Kier alpha value is -2.86. The number of carbonyl (C=O) groups is 2. The Morgan fingerprint density at radius 3 is 2.29 bits per heavy atom. The molecule has 2 saturated heterocycles. The monoisotopic (exact) mass is 419 g/mol. The van der Waals surface area contributed by atoms with Crippen molar-refractivity contribution in [2.75, 3.05) is 33.3 Å². The largest absolute Gasteiger partial charge is 0.497 e. The summed E-state index contributed by atoms with van der Waals surface area (Å²) in [6, 6.07) is 16.5. The first-order valence-corrected chi connectivity index (χ1v) is 11.1. The zero-order chi connectivity index (χ0) is 21.5. The van der Waals surface area contributed by atoms with Crippen LogP contribution in [0.15, 0.2) is 48.5 Å². The maximum atomic E-state index is 13.7. The molecule has 0 aromatic heterocycles. The zero-order valence-electron chi connectivity index (χ0n) is 17.9. The summed E-state index contributed by atoms with van der Waals surface area (Å²) in [5.41, 5.74) is 9.18. The zero-order valence-corrected chi connectivity index (χ0v) is 17.9. The van der Waals surface area contributed by atoms with Crippen molar-refractivity contribution in [2.45, 2.75) is 18.9 Å². The number of fused-ring (bicyclic) bond motifs is 2. The molecule has 6 nitrogen and oxygen atoms in total. The van der Waals surface area contributed by atoms with Gasteiger partial charge < -0.3 is 15.4 Å². The van der Waals surface area contributed by atoms with Gasteiger partial charge in [-0.3, -0.25) is 14.5 Å². The molecule has 0 saturated carbocycles. The van der Waals surface area contributed by atoms with Gasteiger partial charge in [0.15, 0.2) is 0 Å². The van der Waals surface area contributed by atoms with Crippen LogP contribution in [0.2, 0.25) is 0 Å². The van der Waals surface area contributed by atoms with E-state index in [9.17, 15) is 9.59 Å². The summed E-state index contributed by atoms with van der Waals surface area (Å²) in [6.07, 6.45) is 1.65. The number of nitrogens with two attached hydrogens (primary N) is 1. The molecule has 6 heteroatoms. The summed E-state index contributed by atoms with van der Waals surface area (Å²) in [4.78, 5) is 29.4. The van der Waals surface area contributed by atoms with Crippen molar-refractivity contribution < 1.29 is 14.3 Å². The molecule has 31 heavy (non-hydrogen) atoms. The molecule has 0 bridgehead atoms. The number of hydrogen-bond acceptors (Lipinski definition) is 4. The van der Waals surface area contributed by atoms with Crippen molar-refractivity contribution >= 4 is 11.8 Å². The summed E-state index contributed by atoms with van der Waals surface area (Å²) >= 11 is 0. The number of hydrogen-bond donors (Lipinski definition) is 1. The van der Waals surface area contributed by atoms with E-state index in [-0.39, 0.29) is 30.3 Å². The van der Waals surface area contributed by atoms with Crippen LogP contribution in [-0.2, 0) is 22.4 Å². The maximum absolute atomic E-state index is 13.7. The summed E-state index contributed by atoms with van der Waals surface area (Å²) in [5.74, 6) is 1.45. The van der Waals surface area contributed by atoms with E-state index in [1.165, 1.54) is 11.1 Å². The van der Waals surface area contributed by atoms with Crippen LogP contribution in [0.5, 0.6) is 5.75 Å². The molecule has 0 spiro atoms. The quantitative estimate of drug-likeness (QED) is 0.805. The fourth-order valence-electron chi connectivity index (χ4n) is 5.91. The fourth-order valence-corrected chi connectivity index (χ4v) is 5.91. The number of rotatable bonds is 5. The minimum atomic E-state index is -0.294. The maximum Gasteiger partial charge on any atom is 0.231 e. The van der Waals surface area contributed by atoms with Gasteiger partial charge in [0.25, 0.3) is 0 Å². The molecule has 2 heterocycles. The van der Waals surface area contributed by atoms with Crippen molar-refractivity contribution in [2.24, 2.45) is 23.5 Å². The highest BCUT2D eigenvalue weighted by Crippen LogP contribution is 2.46. The molecular weight excluding hydrogens is 390 g/mol. The number of nitrogens with zero attached hydrogens (tertiary/aromatic N) is 2. The Balaban J connectivity index is 1.41. The third-order valence-electron chi connectivity index (χ3n) is 7.26. The van der Waals surface area contributed by atoms with Gasteiger partial charge >= 0.3 is 0 Å². The third-order valence-corrected chi connectivity index (χ3v) is 7.26. The summed E-state index contributed by atoms with van der Waals surface area (Å²) in [7, 11) is 1.66. The van der Waals surface area contributed by atoms with Crippen molar-refractivity contribution in [1.29, 1.82) is 0 Å². The number of ether oxygens (including phenoxy) is 1. The molecule has 5 rings (SSSR count). The van der Waals surface area contributed by atoms with Crippen LogP contribution >= 0.6 is 0 Å². The normalized spacial score (nSPS) is 25.5. The predicted octanol–water partition coefficient (Wildman–Crippen LogP) is 2.03. The van der Waals surface area contributed by atoms with Gasteiger partial charge in [-0.2, -0.15) is 0 Å². The van der Waals surface area contributed by atoms with Gasteiger partial charge in [-0.25, -0.2) is 0 Å². The Labute approximate surface area is 183 Å². The van der Waals surface area contributed by atoms with Crippen LogP contribution < -0.4 is 10.5 Å². The number of likely N-dealkylation sites (tertiary alicyclic amines) is 2. The Kier molecular flexibility index (Phi) is 5.18. The molecule has 2 aromatic rings. The number of methoxy groups -OCH3 is 1. The molecule has 162 valence electrons. The molecular formula is C25H29N3O3. The predicted molar refractivity (Wildman–Crippen MR) is 117 cm³/mol. The Morgan fingerprint density at radius 2 is 1.68 bits per heavy atom. The van der Waals surface area contributed by atoms with Crippen molar-refractivity contribution in [3.63, 3.8) is 0 Å². The van der Waals surface area contributed by atoms with Gasteiger partial charge in [-0.05, 0) is 47.6 Å². The highest BCUT2D eigenvalue weighted by molar-refractivity contribution is 5.81. The topological polar surface area (TPSA) is 75.9 Å². The minimum Gasteiger partial charge on any atom is -0.497 e. The molecule has 2 aromatic carbocycles. The van der Waals surface area contributed by atoms with Gasteiger partial charge in [-0.15, -0.1) is 0 Å². The summed E-state index contributed by atoms with van der Waals surface area (Å²) < 4.78 is 5.33. The summed E-state index contributed by atoms with van der Waals surface area (Å²) in [6.45, 7) is 2.63. The summed E-state index contributed by atoms with van der Waals surface area (Å²) in [5, 5.41) is 0. The minimum absolute atomic E-state index is 0.0127. The molecule has 0 unspecified atom stereocenters. The van der Waals surface area contributed by atoms with Crippen LogP contribution in [-0.4, -0.2) is 54.9 Å². The second kappa shape index (κ2) is 8.00. The van der Waals surface area contributed by atoms with E-state index in [0.717, 1.165) is 43.8 Å². The lowest BCUT2D eigenvalue weighted by Crippen LogP contribution is -2.40. The van der Waals surface area contributed by atoms with E-state index >= 15 is 0 Å². The molecule has 2 aliphatic heterocycles. The van der Waals surface area contributed by atoms with Crippen LogP contribution in [0, 0.1) is 17.8 Å². The fraction of sp³-hybridized carbons (Fsp3) is 0.440. The van der Waals surface area contributed by atoms with Gasteiger partial charge in [0.1, 0.15) is 5.75 Å². The second-order valence-corrected chi connectivity index (χ2v) is 9.17. The standard InChI is InChI=1S/C25H29N3O3/c1-31-21-8-6-16(7-9-21)24-22-14-27(15-23(26)29)12-20(22)13-28(24)25(30)19-10-17-4-2-3-5-18(17)11-19/h2-9,19-20,22,24H,10-15H2,1H3,(H2,26,29)/t20-,22-,24-/m0/s1. The molecule has 2 amide bonds. The van der Waals surface area contributed by atoms with Gasteiger partial charge in [0.2, 0.25) is 11.8 Å².